The van der Waals surface area contributed by atoms with E-state index in [0.717, 1.165) is 0 Å². The Labute approximate surface area is 64.6 Å². The Morgan fingerprint density at radius 3 is 2.00 bits per heavy atom. The SMILES string of the molecule is CNC1(O)CCC(F)(F)CC1. The van der Waals surface area contributed by atoms with E-state index in [1.54, 1.807) is 7.05 Å². The van der Waals surface area contributed by atoms with E-state index in [-0.39, 0.29) is 25.7 Å². The van der Waals surface area contributed by atoms with Crippen LogP contribution in [0.25, 0.3) is 0 Å². The second-order valence-electron chi connectivity index (χ2n) is 3.14. The van der Waals surface area contributed by atoms with Crippen LogP contribution in [0.5, 0.6) is 0 Å². The first-order chi connectivity index (χ1) is 4.97. The van der Waals surface area contributed by atoms with Crippen molar-refractivity contribution in [2.24, 2.45) is 0 Å². The van der Waals surface area contributed by atoms with Crippen molar-refractivity contribution in [3.05, 3.63) is 0 Å². The van der Waals surface area contributed by atoms with Gasteiger partial charge in [-0.3, -0.25) is 5.32 Å². The third-order valence-electron chi connectivity index (χ3n) is 2.27. The minimum absolute atomic E-state index is 0.135. The standard InChI is InChI=1S/C7H13F2NO/c1-10-7(11)4-2-6(8,9)3-5-7/h10-11H,2-5H2,1H3. The number of hydrogen-bond acceptors (Lipinski definition) is 2. The average molecular weight is 165 g/mol. The van der Waals surface area contributed by atoms with Crippen molar-refractivity contribution < 1.29 is 13.9 Å². The molecule has 0 saturated heterocycles. The summed E-state index contributed by atoms with van der Waals surface area (Å²) in [6, 6.07) is 0. The topological polar surface area (TPSA) is 32.3 Å². The van der Waals surface area contributed by atoms with Crippen LogP contribution in [0.15, 0.2) is 0 Å². The van der Waals surface area contributed by atoms with Gasteiger partial charge < -0.3 is 5.11 Å². The molecule has 0 spiro atoms. The van der Waals surface area contributed by atoms with Gasteiger partial charge in [0.1, 0.15) is 5.72 Å². The highest BCUT2D eigenvalue weighted by Crippen LogP contribution is 2.36. The Kier molecular flexibility index (Phi) is 2.16. The zero-order chi connectivity index (χ0) is 8.54. The summed E-state index contributed by atoms with van der Waals surface area (Å²) < 4.78 is 25.1. The highest BCUT2D eigenvalue weighted by atomic mass is 19.3. The first kappa shape index (κ1) is 8.87. The van der Waals surface area contributed by atoms with Gasteiger partial charge in [0, 0.05) is 12.8 Å². The molecule has 11 heavy (non-hydrogen) atoms. The predicted octanol–water partition coefficient (Wildman–Crippen LogP) is 1.10. The van der Waals surface area contributed by atoms with Crippen LogP contribution in [-0.4, -0.2) is 23.8 Å². The molecule has 66 valence electrons. The third kappa shape index (κ3) is 2.10. The third-order valence-corrected chi connectivity index (χ3v) is 2.27. The van der Waals surface area contributed by atoms with Gasteiger partial charge in [0.15, 0.2) is 0 Å². The van der Waals surface area contributed by atoms with Gasteiger partial charge >= 0.3 is 0 Å². The van der Waals surface area contributed by atoms with Crippen LogP contribution < -0.4 is 5.32 Å². The van der Waals surface area contributed by atoms with E-state index in [1.807, 2.05) is 0 Å². The molecule has 0 aromatic heterocycles. The first-order valence-corrected chi connectivity index (χ1v) is 3.77. The molecule has 0 heterocycles. The quantitative estimate of drug-likeness (QED) is 0.570. The summed E-state index contributed by atoms with van der Waals surface area (Å²) in [7, 11) is 1.59. The molecule has 0 aromatic rings. The number of hydrogen-bond donors (Lipinski definition) is 2. The minimum atomic E-state index is -2.57. The van der Waals surface area contributed by atoms with Gasteiger partial charge in [-0.1, -0.05) is 0 Å². The molecule has 0 unspecified atom stereocenters. The van der Waals surface area contributed by atoms with Crippen LogP contribution in [0.4, 0.5) is 8.78 Å². The molecular formula is C7H13F2NO. The van der Waals surface area contributed by atoms with Crippen molar-refractivity contribution in [1.29, 1.82) is 0 Å². The van der Waals surface area contributed by atoms with Crippen molar-refractivity contribution >= 4 is 0 Å². The molecule has 0 radical (unpaired) electrons. The van der Waals surface area contributed by atoms with Gasteiger partial charge in [-0.2, -0.15) is 0 Å². The van der Waals surface area contributed by atoms with Crippen LogP contribution >= 0.6 is 0 Å². The van der Waals surface area contributed by atoms with Crippen molar-refractivity contribution in [2.75, 3.05) is 7.05 Å². The van der Waals surface area contributed by atoms with Crippen LogP contribution in [0.3, 0.4) is 0 Å². The fourth-order valence-corrected chi connectivity index (χ4v) is 1.28. The Morgan fingerprint density at radius 1 is 1.18 bits per heavy atom. The van der Waals surface area contributed by atoms with Crippen LogP contribution in [0, 0.1) is 0 Å². The number of nitrogens with one attached hydrogen (secondary N) is 1. The molecule has 2 nitrogen and oxygen atoms in total. The van der Waals surface area contributed by atoms with Gasteiger partial charge in [-0.25, -0.2) is 8.78 Å². The molecule has 1 aliphatic carbocycles. The summed E-state index contributed by atoms with van der Waals surface area (Å²) >= 11 is 0. The Bertz CT molecular complexity index is 139. The summed E-state index contributed by atoms with van der Waals surface area (Å²) in [6.45, 7) is 0. The zero-order valence-electron chi connectivity index (χ0n) is 6.53. The Hall–Kier alpha value is -0.220. The highest BCUT2D eigenvalue weighted by Gasteiger charge is 2.41. The smallest absolute Gasteiger partial charge is 0.248 e. The van der Waals surface area contributed by atoms with Crippen LogP contribution in [0.2, 0.25) is 0 Å². The molecule has 1 aliphatic rings. The molecule has 0 bridgehead atoms. The lowest BCUT2D eigenvalue weighted by Gasteiger charge is -2.35. The molecule has 1 fully saturated rings. The molecule has 2 N–H and O–H groups in total. The predicted molar refractivity (Wildman–Crippen MR) is 37.4 cm³/mol. The van der Waals surface area contributed by atoms with E-state index in [2.05, 4.69) is 5.32 Å². The Morgan fingerprint density at radius 2 is 1.64 bits per heavy atom. The lowest BCUT2D eigenvalue weighted by atomic mass is 9.89. The summed E-state index contributed by atoms with van der Waals surface area (Å²) in [4.78, 5) is 0. The van der Waals surface area contributed by atoms with E-state index in [4.69, 9.17) is 0 Å². The monoisotopic (exact) mass is 165 g/mol. The van der Waals surface area contributed by atoms with Crippen molar-refractivity contribution in [3.63, 3.8) is 0 Å². The minimum Gasteiger partial charge on any atom is -0.376 e. The molecule has 4 heteroatoms. The molecule has 1 rings (SSSR count). The van der Waals surface area contributed by atoms with E-state index < -0.39 is 11.6 Å². The fourth-order valence-electron chi connectivity index (χ4n) is 1.28. The maximum Gasteiger partial charge on any atom is 0.248 e. The maximum absolute atomic E-state index is 12.5. The molecule has 0 amide bonds. The van der Waals surface area contributed by atoms with Crippen molar-refractivity contribution in [1.82, 2.24) is 5.32 Å². The van der Waals surface area contributed by atoms with Gasteiger partial charge in [-0.15, -0.1) is 0 Å². The van der Waals surface area contributed by atoms with Crippen LogP contribution in [-0.2, 0) is 0 Å². The van der Waals surface area contributed by atoms with E-state index >= 15 is 0 Å². The van der Waals surface area contributed by atoms with Gasteiger partial charge in [0.25, 0.3) is 0 Å². The molecule has 0 aromatic carbocycles. The highest BCUT2D eigenvalue weighted by molar-refractivity contribution is 4.85. The second-order valence-corrected chi connectivity index (χ2v) is 3.14. The second kappa shape index (κ2) is 2.68. The van der Waals surface area contributed by atoms with E-state index in [0.29, 0.717) is 0 Å². The molecule has 0 aliphatic heterocycles. The van der Waals surface area contributed by atoms with E-state index in [9.17, 15) is 13.9 Å². The lowest BCUT2D eigenvalue weighted by Crippen LogP contribution is -2.48. The number of halogens is 2. The van der Waals surface area contributed by atoms with Crippen molar-refractivity contribution in [3.8, 4) is 0 Å². The molecule has 0 atom stereocenters. The van der Waals surface area contributed by atoms with Crippen molar-refractivity contribution in [2.45, 2.75) is 37.3 Å². The number of rotatable bonds is 1. The maximum atomic E-state index is 12.5. The average Bonchev–Trinajstić information content (AvgIpc) is 1.97. The lowest BCUT2D eigenvalue weighted by molar-refractivity contribution is -0.114. The molecular weight excluding hydrogens is 152 g/mol. The normalized spacial score (nSPS) is 28.4. The molecule has 1 saturated carbocycles. The zero-order valence-corrected chi connectivity index (χ0v) is 6.53. The van der Waals surface area contributed by atoms with Gasteiger partial charge in [-0.05, 0) is 19.9 Å². The Balaban J connectivity index is 2.48. The number of aliphatic hydroxyl groups is 1. The van der Waals surface area contributed by atoms with Crippen LogP contribution in [0.1, 0.15) is 25.7 Å². The largest absolute Gasteiger partial charge is 0.376 e. The summed E-state index contributed by atoms with van der Waals surface area (Å²) in [6.07, 6.45) is -0.165. The van der Waals surface area contributed by atoms with Gasteiger partial charge in [0.05, 0.1) is 0 Å². The first-order valence-electron chi connectivity index (χ1n) is 3.77. The summed E-state index contributed by atoms with van der Waals surface area (Å²) in [5.41, 5.74) is -1.05. The summed E-state index contributed by atoms with van der Waals surface area (Å²) in [5, 5.41) is 12.1. The number of alkyl halides is 2. The van der Waals surface area contributed by atoms with Gasteiger partial charge in [0.2, 0.25) is 5.92 Å². The fraction of sp³-hybridized carbons (Fsp3) is 1.00. The summed E-state index contributed by atoms with van der Waals surface area (Å²) in [5.74, 6) is -2.57. The van der Waals surface area contributed by atoms with E-state index in [1.165, 1.54) is 0 Å².